The third-order valence-corrected chi connectivity index (χ3v) is 3.75. The summed E-state index contributed by atoms with van der Waals surface area (Å²) in [6.45, 7) is 4.10. The number of anilines is 1. The van der Waals surface area contributed by atoms with E-state index in [1.807, 2.05) is 32.0 Å². The molecule has 5 heteroatoms. The van der Waals surface area contributed by atoms with Gasteiger partial charge in [0.1, 0.15) is 0 Å². The van der Waals surface area contributed by atoms with Gasteiger partial charge < -0.3 is 10.3 Å². The van der Waals surface area contributed by atoms with Gasteiger partial charge in [0.2, 0.25) is 0 Å². The Morgan fingerprint density at radius 1 is 1.41 bits per heavy atom. The Morgan fingerprint density at radius 3 is 2.71 bits per heavy atom. The molecule has 0 aliphatic heterocycles. The minimum Gasteiger partial charge on any atom is -0.381 e. The summed E-state index contributed by atoms with van der Waals surface area (Å²) in [4.78, 5) is 0. The van der Waals surface area contributed by atoms with Gasteiger partial charge in [-0.05, 0) is 40.0 Å². The molecule has 0 fully saturated rings. The monoisotopic (exact) mass is 314 g/mol. The van der Waals surface area contributed by atoms with Crippen LogP contribution >= 0.6 is 27.5 Å². The summed E-state index contributed by atoms with van der Waals surface area (Å²) in [7, 11) is 0. The van der Waals surface area contributed by atoms with E-state index in [1.165, 1.54) is 0 Å². The third kappa shape index (κ3) is 2.33. The highest BCUT2D eigenvalue weighted by molar-refractivity contribution is 9.10. The van der Waals surface area contributed by atoms with Gasteiger partial charge in [0.05, 0.1) is 5.02 Å². The largest absolute Gasteiger partial charge is 0.381 e. The van der Waals surface area contributed by atoms with E-state index >= 15 is 0 Å². The standard InChI is InChI=1S/C12H12BrClN2O/c1-6(2)10-11(17-16-12(10)15)7-3-4-8(13)9(14)5-7/h3-6H,1-2H3,(H2,15,16). The van der Waals surface area contributed by atoms with Crippen molar-refractivity contribution < 1.29 is 4.52 Å². The van der Waals surface area contributed by atoms with E-state index in [4.69, 9.17) is 21.9 Å². The quantitative estimate of drug-likeness (QED) is 0.890. The average Bonchev–Trinajstić information content (AvgIpc) is 2.64. The molecular formula is C12H12BrClN2O. The number of halogens is 2. The molecule has 0 aliphatic rings. The number of benzene rings is 1. The number of hydrogen-bond acceptors (Lipinski definition) is 3. The van der Waals surface area contributed by atoms with Crippen LogP contribution in [-0.4, -0.2) is 5.16 Å². The molecule has 0 aliphatic carbocycles. The van der Waals surface area contributed by atoms with Crippen LogP contribution in [0.5, 0.6) is 0 Å². The van der Waals surface area contributed by atoms with Crippen LogP contribution in [0.25, 0.3) is 11.3 Å². The molecule has 0 amide bonds. The van der Waals surface area contributed by atoms with E-state index in [-0.39, 0.29) is 5.92 Å². The van der Waals surface area contributed by atoms with Gasteiger partial charge in [-0.1, -0.05) is 30.6 Å². The van der Waals surface area contributed by atoms with Crippen LogP contribution in [0.1, 0.15) is 25.3 Å². The van der Waals surface area contributed by atoms with Crippen LogP contribution in [0.2, 0.25) is 5.02 Å². The van der Waals surface area contributed by atoms with Crippen molar-refractivity contribution in [1.82, 2.24) is 5.16 Å². The topological polar surface area (TPSA) is 52.0 Å². The normalized spacial score (nSPS) is 11.1. The molecule has 1 heterocycles. The van der Waals surface area contributed by atoms with Crippen LogP contribution in [0.4, 0.5) is 5.82 Å². The van der Waals surface area contributed by atoms with Crippen molar-refractivity contribution in [1.29, 1.82) is 0 Å². The first kappa shape index (κ1) is 12.5. The van der Waals surface area contributed by atoms with Crippen LogP contribution in [0.15, 0.2) is 27.2 Å². The molecule has 2 rings (SSSR count). The van der Waals surface area contributed by atoms with Gasteiger partial charge >= 0.3 is 0 Å². The average molecular weight is 316 g/mol. The number of hydrogen-bond donors (Lipinski definition) is 1. The van der Waals surface area contributed by atoms with Gasteiger partial charge in [-0.15, -0.1) is 0 Å². The van der Waals surface area contributed by atoms with Gasteiger partial charge in [-0.25, -0.2) is 0 Å². The minimum atomic E-state index is 0.249. The molecule has 0 saturated carbocycles. The molecule has 0 unspecified atom stereocenters. The Kier molecular flexibility index (Phi) is 3.45. The fourth-order valence-corrected chi connectivity index (χ4v) is 2.14. The van der Waals surface area contributed by atoms with E-state index < -0.39 is 0 Å². The van der Waals surface area contributed by atoms with Crippen molar-refractivity contribution in [2.45, 2.75) is 19.8 Å². The van der Waals surface area contributed by atoms with Crippen molar-refractivity contribution in [2.24, 2.45) is 0 Å². The lowest BCUT2D eigenvalue weighted by Crippen LogP contribution is -1.95. The number of nitrogens with zero attached hydrogens (tertiary/aromatic N) is 1. The zero-order valence-electron chi connectivity index (χ0n) is 9.50. The van der Waals surface area contributed by atoms with Crippen LogP contribution in [0, 0.1) is 0 Å². The summed E-state index contributed by atoms with van der Waals surface area (Å²) in [6, 6.07) is 5.62. The van der Waals surface area contributed by atoms with Crippen molar-refractivity contribution in [3.05, 3.63) is 33.3 Å². The second-order valence-corrected chi connectivity index (χ2v) is 5.36. The number of nitrogens with two attached hydrogens (primary N) is 1. The Balaban J connectivity index is 2.56. The zero-order chi connectivity index (χ0) is 12.6. The second-order valence-electron chi connectivity index (χ2n) is 4.09. The predicted molar refractivity (Wildman–Crippen MR) is 73.2 cm³/mol. The maximum Gasteiger partial charge on any atom is 0.172 e. The lowest BCUT2D eigenvalue weighted by molar-refractivity contribution is 0.434. The fraction of sp³-hybridized carbons (Fsp3) is 0.250. The highest BCUT2D eigenvalue weighted by atomic mass is 79.9. The van der Waals surface area contributed by atoms with Crippen molar-refractivity contribution >= 4 is 33.3 Å². The molecule has 90 valence electrons. The molecule has 2 aromatic rings. The van der Waals surface area contributed by atoms with Crippen molar-refractivity contribution in [3.63, 3.8) is 0 Å². The number of aromatic nitrogens is 1. The lowest BCUT2D eigenvalue weighted by Gasteiger charge is -2.06. The second kappa shape index (κ2) is 4.70. The molecule has 1 aromatic carbocycles. The highest BCUT2D eigenvalue weighted by Crippen LogP contribution is 2.35. The first-order valence-electron chi connectivity index (χ1n) is 5.21. The van der Waals surface area contributed by atoms with Gasteiger partial charge in [0.15, 0.2) is 11.6 Å². The van der Waals surface area contributed by atoms with Crippen LogP contribution in [0.3, 0.4) is 0 Å². The summed E-state index contributed by atoms with van der Waals surface area (Å²) < 4.78 is 6.14. The summed E-state index contributed by atoms with van der Waals surface area (Å²) in [5.41, 5.74) is 7.60. The van der Waals surface area contributed by atoms with Crippen molar-refractivity contribution in [2.75, 3.05) is 5.73 Å². The zero-order valence-corrected chi connectivity index (χ0v) is 11.8. The molecule has 0 bridgehead atoms. The van der Waals surface area contributed by atoms with Gasteiger partial charge in [0, 0.05) is 15.6 Å². The summed E-state index contributed by atoms with van der Waals surface area (Å²) in [5, 5.41) is 4.45. The van der Waals surface area contributed by atoms with E-state index in [2.05, 4.69) is 21.1 Å². The summed E-state index contributed by atoms with van der Waals surface area (Å²) in [6.07, 6.45) is 0. The molecule has 0 radical (unpaired) electrons. The first-order valence-corrected chi connectivity index (χ1v) is 6.38. The van der Waals surface area contributed by atoms with E-state index in [0.29, 0.717) is 16.6 Å². The van der Waals surface area contributed by atoms with Gasteiger partial charge in [0.25, 0.3) is 0 Å². The summed E-state index contributed by atoms with van der Waals surface area (Å²) in [5.74, 6) is 1.37. The van der Waals surface area contributed by atoms with E-state index in [9.17, 15) is 0 Å². The predicted octanol–water partition coefficient (Wildman–Crippen LogP) is 4.46. The smallest absolute Gasteiger partial charge is 0.172 e. The molecule has 3 nitrogen and oxygen atoms in total. The number of nitrogen functional groups attached to an aromatic ring is 1. The first-order chi connectivity index (χ1) is 8.00. The molecule has 17 heavy (non-hydrogen) atoms. The SMILES string of the molecule is CC(C)c1c(N)noc1-c1ccc(Br)c(Cl)c1. The fourth-order valence-electron chi connectivity index (χ4n) is 1.71. The van der Waals surface area contributed by atoms with Crippen LogP contribution < -0.4 is 5.73 Å². The lowest BCUT2D eigenvalue weighted by atomic mass is 9.99. The summed E-state index contributed by atoms with van der Waals surface area (Å²) >= 11 is 9.41. The van der Waals surface area contributed by atoms with Gasteiger partial charge in [-0.3, -0.25) is 0 Å². The maximum absolute atomic E-state index is 6.06. The highest BCUT2D eigenvalue weighted by Gasteiger charge is 2.18. The molecule has 0 spiro atoms. The molecule has 2 N–H and O–H groups in total. The van der Waals surface area contributed by atoms with Gasteiger partial charge in [-0.2, -0.15) is 0 Å². The Bertz CT molecular complexity index is 551. The molecule has 1 aromatic heterocycles. The third-order valence-electron chi connectivity index (χ3n) is 2.51. The maximum atomic E-state index is 6.06. The Morgan fingerprint density at radius 2 is 2.12 bits per heavy atom. The minimum absolute atomic E-state index is 0.249. The molecule has 0 atom stereocenters. The van der Waals surface area contributed by atoms with Crippen LogP contribution in [-0.2, 0) is 0 Å². The number of rotatable bonds is 2. The van der Waals surface area contributed by atoms with E-state index in [0.717, 1.165) is 15.6 Å². The molecular weight excluding hydrogens is 304 g/mol. The Hall–Kier alpha value is -1.000. The van der Waals surface area contributed by atoms with E-state index in [1.54, 1.807) is 0 Å². The Labute approximate surface area is 113 Å². The van der Waals surface area contributed by atoms with Crippen molar-refractivity contribution in [3.8, 4) is 11.3 Å². The molecule has 0 saturated heterocycles.